The van der Waals surface area contributed by atoms with Crippen LogP contribution in [0.5, 0.6) is 5.75 Å². The van der Waals surface area contributed by atoms with E-state index in [1.54, 1.807) is 19.3 Å². The Labute approximate surface area is 139 Å². The number of aryl methyl sites for hydroxylation is 1. The van der Waals surface area contributed by atoms with Gasteiger partial charge in [0, 0.05) is 23.5 Å². The number of aliphatic hydroxyl groups is 1. The summed E-state index contributed by atoms with van der Waals surface area (Å²) in [6, 6.07) is 9.84. The topological polar surface area (TPSA) is 143 Å². The van der Waals surface area contributed by atoms with Crippen LogP contribution in [-0.4, -0.2) is 36.1 Å². The summed E-state index contributed by atoms with van der Waals surface area (Å²) in [7, 11) is -4.64. The molecular weight excluding hydrogens is 335 g/mol. The largest absolute Gasteiger partial charge is 0.505 e. The summed E-state index contributed by atoms with van der Waals surface area (Å²) in [5, 5.41) is 19.2. The van der Waals surface area contributed by atoms with Crippen LogP contribution in [0.3, 0.4) is 0 Å². The van der Waals surface area contributed by atoms with Gasteiger partial charge in [0.25, 0.3) is 0 Å². The van der Waals surface area contributed by atoms with E-state index >= 15 is 0 Å². The van der Waals surface area contributed by atoms with Crippen molar-refractivity contribution in [3.05, 3.63) is 58.9 Å². The van der Waals surface area contributed by atoms with Crippen molar-refractivity contribution in [3.63, 3.8) is 0 Å². The summed E-state index contributed by atoms with van der Waals surface area (Å²) in [4.78, 5) is 29.9. The number of phosphoric acid groups is 1. The number of hydrogen-bond acceptors (Lipinski definition) is 5. The van der Waals surface area contributed by atoms with Gasteiger partial charge in [-0.2, -0.15) is 0 Å². The predicted octanol–water partition coefficient (Wildman–Crippen LogP) is 1.28. The monoisotopic (exact) mass is 354 g/mol. The summed E-state index contributed by atoms with van der Waals surface area (Å²) in [6.07, 6.45) is 3.14. The Morgan fingerprint density at radius 3 is 2.33 bits per heavy atom. The summed E-state index contributed by atoms with van der Waals surface area (Å²) in [5.41, 5.74) is 2.72. The zero-order valence-corrected chi connectivity index (χ0v) is 13.8. The van der Waals surface area contributed by atoms with Crippen LogP contribution in [0.1, 0.15) is 22.4 Å². The van der Waals surface area contributed by atoms with Crippen LogP contribution in [0, 0.1) is 6.92 Å². The molecule has 130 valence electrons. The Morgan fingerprint density at radius 2 is 1.79 bits per heavy atom. The van der Waals surface area contributed by atoms with Crippen LogP contribution < -0.4 is 0 Å². The number of nitrogens with zero attached hydrogens (tertiary/aromatic N) is 2. The van der Waals surface area contributed by atoms with E-state index in [1.165, 1.54) is 0 Å². The second-order valence-electron chi connectivity index (χ2n) is 4.76. The molecule has 0 atom stereocenters. The maximum Gasteiger partial charge on any atom is 0.466 e. The number of aliphatic hydroxyl groups excluding tert-OH is 1. The number of rotatable bonds is 4. The number of aromatic nitrogens is 1. The molecule has 0 spiro atoms. The molecule has 0 amide bonds. The maximum atomic E-state index is 9.94. The van der Waals surface area contributed by atoms with Crippen LogP contribution in [0.25, 0.3) is 0 Å². The standard InChI is InChI=1S/C15H16N2O2.H3O4P/c1-11-15(19)14(13(10-18)8-17-11)9-16-7-12-5-3-2-4-6-12;1-5(2,3)4/h2-6,8-9,18-19H,7,10H2,1H3;(H3,1,2,3,4). The van der Waals surface area contributed by atoms with Crippen LogP contribution >= 0.6 is 7.82 Å². The number of benzene rings is 1. The highest BCUT2D eigenvalue weighted by Crippen LogP contribution is 2.25. The minimum Gasteiger partial charge on any atom is -0.505 e. The fraction of sp³-hybridized carbons (Fsp3) is 0.200. The summed E-state index contributed by atoms with van der Waals surface area (Å²) in [5.74, 6) is 0.0726. The van der Waals surface area contributed by atoms with Crippen LogP contribution in [0.15, 0.2) is 41.5 Å². The highest BCUT2D eigenvalue weighted by molar-refractivity contribution is 7.45. The molecule has 0 radical (unpaired) electrons. The molecule has 2 aromatic rings. The molecule has 0 fully saturated rings. The third-order valence-corrected chi connectivity index (χ3v) is 2.87. The molecule has 0 aliphatic carbocycles. The van der Waals surface area contributed by atoms with E-state index in [-0.39, 0.29) is 12.4 Å². The van der Waals surface area contributed by atoms with Crippen molar-refractivity contribution in [2.24, 2.45) is 4.99 Å². The summed E-state index contributed by atoms with van der Waals surface area (Å²) < 4.78 is 8.88. The maximum absolute atomic E-state index is 9.94. The quantitative estimate of drug-likeness (QED) is 0.411. The summed E-state index contributed by atoms with van der Waals surface area (Å²) >= 11 is 0. The lowest BCUT2D eigenvalue weighted by Gasteiger charge is -2.06. The molecule has 0 saturated carbocycles. The first-order valence-electron chi connectivity index (χ1n) is 6.82. The molecule has 0 aliphatic rings. The van der Waals surface area contributed by atoms with Crippen molar-refractivity contribution in [3.8, 4) is 5.75 Å². The van der Waals surface area contributed by atoms with E-state index in [4.69, 9.17) is 19.2 Å². The van der Waals surface area contributed by atoms with Crippen molar-refractivity contribution in [1.82, 2.24) is 4.98 Å². The lowest BCUT2D eigenvalue weighted by Crippen LogP contribution is -1.98. The normalized spacial score (nSPS) is 11.2. The molecule has 0 aliphatic heterocycles. The lowest BCUT2D eigenvalue weighted by molar-refractivity contribution is 0.275. The highest BCUT2D eigenvalue weighted by atomic mass is 31.2. The molecule has 1 aromatic carbocycles. The molecule has 0 saturated heterocycles. The fourth-order valence-corrected chi connectivity index (χ4v) is 1.75. The van der Waals surface area contributed by atoms with Gasteiger partial charge in [-0.1, -0.05) is 30.3 Å². The first-order valence-corrected chi connectivity index (χ1v) is 8.39. The van der Waals surface area contributed by atoms with Crippen molar-refractivity contribution in [1.29, 1.82) is 0 Å². The van der Waals surface area contributed by atoms with Crippen LogP contribution in [0.2, 0.25) is 0 Å². The second-order valence-corrected chi connectivity index (χ2v) is 5.78. The van der Waals surface area contributed by atoms with E-state index in [0.717, 1.165) is 5.56 Å². The van der Waals surface area contributed by atoms with Gasteiger partial charge in [0.1, 0.15) is 5.75 Å². The Bertz CT molecular complexity index is 722. The molecule has 1 aromatic heterocycles. The Morgan fingerprint density at radius 1 is 1.21 bits per heavy atom. The Kier molecular flexibility index (Phi) is 7.70. The minimum absolute atomic E-state index is 0.0726. The van der Waals surface area contributed by atoms with E-state index in [2.05, 4.69) is 9.98 Å². The molecule has 0 bridgehead atoms. The van der Waals surface area contributed by atoms with Gasteiger partial charge in [-0.15, -0.1) is 0 Å². The molecule has 5 N–H and O–H groups in total. The average molecular weight is 354 g/mol. The van der Waals surface area contributed by atoms with Gasteiger partial charge in [-0.3, -0.25) is 9.98 Å². The fourth-order valence-electron chi connectivity index (χ4n) is 1.75. The number of aromatic hydroxyl groups is 1. The van der Waals surface area contributed by atoms with Gasteiger partial charge >= 0.3 is 7.82 Å². The lowest BCUT2D eigenvalue weighted by atomic mass is 10.1. The zero-order chi connectivity index (χ0) is 18.2. The van der Waals surface area contributed by atoms with Gasteiger partial charge < -0.3 is 24.9 Å². The molecule has 24 heavy (non-hydrogen) atoms. The number of aliphatic imine (C=N–C) groups is 1. The van der Waals surface area contributed by atoms with Gasteiger partial charge in [0.2, 0.25) is 0 Å². The van der Waals surface area contributed by atoms with E-state index < -0.39 is 7.82 Å². The first-order chi connectivity index (χ1) is 11.2. The van der Waals surface area contributed by atoms with Crippen molar-refractivity contribution in [2.45, 2.75) is 20.1 Å². The highest BCUT2D eigenvalue weighted by Gasteiger charge is 2.08. The zero-order valence-electron chi connectivity index (χ0n) is 12.9. The molecular formula is C15H19N2O6P. The Hall–Kier alpha value is -2.09. The van der Waals surface area contributed by atoms with Crippen molar-refractivity contribution >= 4 is 14.0 Å². The predicted molar refractivity (Wildman–Crippen MR) is 88.6 cm³/mol. The van der Waals surface area contributed by atoms with E-state index in [0.29, 0.717) is 23.4 Å². The molecule has 0 unspecified atom stereocenters. The third kappa shape index (κ3) is 7.45. The van der Waals surface area contributed by atoms with Gasteiger partial charge in [-0.25, -0.2) is 4.57 Å². The van der Waals surface area contributed by atoms with Crippen LogP contribution in [-0.2, 0) is 17.7 Å². The number of pyridine rings is 1. The minimum atomic E-state index is -4.64. The van der Waals surface area contributed by atoms with Gasteiger partial charge in [-0.05, 0) is 12.5 Å². The Balaban J connectivity index is 0.000000505. The van der Waals surface area contributed by atoms with Crippen molar-refractivity contribution < 1.29 is 29.5 Å². The van der Waals surface area contributed by atoms with Crippen molar-refractivity contribution in [2.75, 3.05) is 0 Å². The SMILES string of the molecule is Cc1ncc(CO)c(C=NCc2ccccc2)c1O.O=P(O)(O)O. The van der Waals surface area contributed by atoms with E-state index in [9.17, 15) is 10.2 Å². The first kappa shape index (κ1) is 20.0. The van der Waals surface area contributed by atoms with Gasteiger partial charge in [0.05, 0.1) is 18.8 Å². The number of hydrogen-bond donors (Lipinski definition) is 5. The van der Waals surface area contributed by atoms with Gasteiger partial charge in [0.15, 0.2) is 0 Å². The van der Waals surface area contributed by atoms with Crippen LogP contribution in [0.4, 0.5) is 0 Å². The van der Waals surface area contributed by atoms with E-state index in [1.807, 2.05) is 30.3 Å². The average Bonchev–Trinajstić information content (AvgIpc) is 2.51. The molecule has 9 heteroatoms. The molecule has 2 rings (SSSR count). The summed E-state index contributed by atoms with van der Waals surface area (Å²) in [6.45, 7) is 2.07. The smallest absolute Gasteiger partial charge is 0.466 e. The third-order valence-electron chi connectivity index (χ3n) is 2.87. The second kappa shape index (κ2) is 9.27. The molecule has 8 nitrogen and oxygen atoms in total. The molecule has 1 heterocycles.